The highest BCUT2D eigenvalue weighted by Gasteiger charge is 2.24. The highest BCUT2D eigenvalue weighted by Crippen LogP contribution is 2.35. The summed E-state index contributed by atoms with van der Waals surface area (Å²) in [5.41, 5.74) is 9.89. The second kappa shape index (κ2) is 5.32. The highest BCUT2D eigenvalue weighted by atomic mass is 16.5. The van der Waals surface area contributed by atoms with Crippen LogP contribution in [0.4, 0.5) is 17.1 Å². The molecule has 0 aliphatic carbocycles. The molecular weight excluding hydrogens is 254 g/mol. The molecule has 5 nitrogen and oxygen atoms in total. The predicted molar refractivity (Wildman–Crippen MR) is 80.0 cm³/mol. The summed E-state index contributed by atoms with van der Waals surface area (Å²) in [5.74, 6) is 0.600. The Morgan fingerprint density at radius 1 is 1.50 bits per heavy atom. The normalized spacial score (nSPS) is 21.8. The number of methoxy groups -OCH3 is 1. The lowest BCUT2D eigenvalue weighted by molar-refractivity contribution is -0.115. The largest absolute Gasteiger partial charge is 0.397 e. The number of hydrogen-bond acceptors (Lipinski definition) is 4. The summed E-state index contributed by atoms with van der Waals surface area (Å²) >= 11 is 0. The van der Waals surface area contributed by atoms with Crippen LogP contribution >= 0.6 is 0 Å². The molecule has 1 unspecified atom stereocenters. The van der Waals surface area contributed by atoms with E-state index in [1.165, 1.54) is 6.42 Å². The number of nitrogens with two attached hydrogens (primary N) is 1. The molecule has 1 atom stereocenters. The summed E-state index contributed by atoms with van der Waals surface area (Å²) in [6.45, 7) is 2.76. The van der Waals surface area contributed by atoms with Gasteiger partial charge in [-0.05, 0) is 36.5 Å². The van der Waals surface area contributed by atoms with Gasteiger partial charge in [-0.3, -0.25) is 4.79 Å². The monoisotopic (exact) mass is 275 g/mol. The van der Waals surface area contributed by atoms with Gasteiger partial charge >= 0.3 is 0 Å². The lowest BCUT2D eigenvalue weighted by Gasteiger charge is -2.35. The standard InChI is InChI=1S/C15H21N3O2/c1-20-9-10-3-2-4-18(8-10)14-7-13-11(5-12(14)16)6-15(19)17-13/h5,7,10H,2-4,6,8-9,16H2,1H3,(H,17,19). The van der Waals surface area contributed by atoms with Crippen LogP contribution in [0.3, 0.4) is 0 Å². The van der Waals surface area contributed by atoms with Gasteiger partial charge in [-0.1, -0.05) is 0 Å². The van der Waals surface area contributed by atoms with Crippen LogP contribution in [0.15, 0.2) is 12.1 Å². The molecule has 2 aliphatic rings. The molecule has 20 heavy (non-hydrogen) atoms. The van der Waals surface area contributed by atoms with Crippen LogP contribution in [-0.2, 0) is 16.0 Å². The Morgan fingerprint density at radius 3 is 3.15 bits per heavy atom. The molecule has 0 spiro atoms. The van der Waals surface area contributed by atoms with Gasteiger partial charge in [-0.15, -0.1) is 0 Å². The van der Waals surface area contributed by atoms with Gasteiger partial charge in [0.2, 0.25) is 5.91 Å². The van der Waals surface area contributed by atoms with Crippen LogP contribution in [0.2, 0.25) is 0 Å². The molecule has 0 radical (unpaired) electrons. The van der Waals surface area contributed by atoms with Gasteiger partial charge in [0.15, 0.2) is 0 Å². The number of amides is 1. The molecule has 2 heterocycles. The number of nitrogen functional groups attached to an aromatic ring is 1. The summed E-state index contributed by atoms with van der Waals surface area (Å²) in [6, 6.07) is 3.95. The molecule has 1 aromatic rings. The van der Waals surface area contributed by atoms with E-state index in [1.807, 2.05) is 12.1 Å². The fraction of sp³-hybridized carbons (Fsp3) is 0.533. The van der Waals surface area contributed by atoms with E-state index in [4.69, 9.17) is 10.5 Å². The van der Waals surface area contributed by atoms with Crippen LogP contribution in [0, 0.1) is 5.92 Å². The Labute approximate surface area is 119 Å². The number of carbonyl (C=O) groups excluding carboxylic acids is 1. The third-order valence-electron chi connectivity index (χ3n) is 4.14. The van der Waals surface area contributed by atoms with E-state index in [0.717, 1.165) is 48.7 Å². The van der Waals surface area contributed by atoms with E-state index in [-0.39, 0.29) is 5.91 Å². The quantitative estimate of drug-likeness (QED) is 0.823. The molecule has 1 fully saturated rings. The fourth-order valence-electron chi connectivity index (χ4n) is 3.21. The number of fused-ring (bicyclic) bond motifs is 1. The van der Waals surface area contributed by atoms with Crippen molar-refractivity contribution in [2.75, 3.05) is 42.8 Å². The van der Waals surface area contributed by atoms with E-state index in [0.29, 0.717) is 12.3 Å². The predicted octanol–water partition coefficient (Wildman–Crippen LogP) is 1.63. The van der Waals surface area contributed by atoms with Crippen molar-refractivity contribution >= 4 is 23.0 Å². The molecule has 2 aliphatic heterocycles. The van der Waals surface area contributed by atoms with Crippen LogP contribution in [0.1, 0.15) is 18.4 Å². The first-order valence-corrected chi connectivity index (χ1v) is 7.13. The number of ether oxygens (including phenoxy) is 1. The van der Waals surface area contributed by atoms with E-state index >= 15 is 0 Å². The first kappa shape index (κ1) is 13.2. The lowest BCUT2D eigenvalue weighted by atomic mass is 9.98. The fourth-order valence-corrected chi connectivity index (χ4v) is 3.21. The van der Waals surface area contributed by atoms with Crippen LogP contribution in [0.25, 0.3) is 0 Å². The van der Waals surface area contributed by atoms with E-state index in [9.17, 15) is 4.79 Å². The Morgan fingerprint density at radius 2 is 2.35 bits per heavy atom. The van der Waals surface area contributed by atoms with E-state index < -0.39 is 0 Å². The van der Waals surface area contributed by atoms with Gasteiger partial charge in [0.05, 0.1) is 24.4 Å². The average molecular weight is 275 g/mol. The summed E-state index contributed by atoms with van der Waals surface area (Å²) in [4.78, 5) is 13.8. The molecular formula is C15H21N3O2. The third-order valence-corrected chi connectivity index (χ3v) is 4.14. The molecule has 0 saturated carbocycles. The summed E-state index contributed by atoms with van der Waals surface area (Å²) in [7, 11) is 1.75. The van der Waals surface area contributed by atoms with E-state index in [2.05, 4.69) is 10.2 Å². The molecule has 108 valence electrons. The number of nitrogens with zero attached hydrogens (tertiary/aromatic N) is 1. The molecule has 1 saturated heterocycles. The van der Waals surface area contributed by atoms with E-state index in [1.54, 1.807) is 7.11 Å². The van der Waals surface area contributed by atoms with Gasteiger partial charge in [-0.25, -0.2) is 0 Å². The first-order valence-electron chi connectivity index (χ1n) is 7.13. The Kier molecular flexibility index (Phi) is 3.53. The minimum atomic E-state index is 0.0486. The molecule has 3 N–H and O–H groups in total. The summed E-state index contributed by atoms with van der Waals surface area (Å²) in [5, 5.41) is 2.89. The Bertz CT molecular complexity index is 528. The summed E-state index contributed by atoms with van der Waals surface area (Å²) in [6.07, 6.45) is 2.79. The number of piperidine rings is 1. The molecule has 0 bridgehead atoms. The minimum Gasteiger partial charge on any atom is -0.397 e. The van der Waals surface area contributed by atoms with Gasteiger partial charge in [0.1, 0.15) is 0 Å². The van der Waals surface area contributed by atoms with Crippen molar-refractivity contribution in [3.05, 3.63) is 17.7 Å². The molecule has 3 rings (SSSR count). The van der Waals surface area contributed by atoms with Gasteiger partial charge in [0, 0.05) is 25.9 Å². The minimum absolute atomic E-state index is 0.0486. The SMILES string of the molecule is COCC1CCCN(c2cc3c(cc2N)CC(=O)N3)C1. The number of rotatable bonds is 3. The Hall–Kier alpha value is -1.75. The van der Waals surface area contributed by atoms with Gasteiger partial charge < -0.3 is 20.7 Å². The maximum atomic E-state index is 11.5. The second-order valence-corrected chi connectivity index (χ2v) is 5.70. The third kappa shape index (κ3) is 2.45. The van der Waals surface area contributed by atoms with Crippen molar-refractivity contribution in [1.29, 1.82) is 0 Å². The number of carbonyl (C=O) groups is 1. The number of anilines is 3. The number of hydrogen-bond donors (Lipinski definition) is 2. The first-order chi connectivity index (χ1) is 9.67. The number of benzene rings is 1. The maximum Gasteiger partial charge on any atom is 0.228 e. The zero-order valence-electron chi connectivity index (χ0n) is 11.8. The average Bonchev–Trinajstić information content (AvgIpc) is 2.77. The van der Waals surface area contributed by atoms with Crippen molar-refractivity contribution in [2.24, 2.45) is 5.92 Å². The topological polar surface area (TPSA) is 67.6 Å². The molecule has 5 heteroatoms. The highest BCUT2D eigenvalue weighted by molar-refractivity contribution is 6.00. The van der Waals surface area contributed by atoms with Crippen molar-refractivity contribution in [3.63, 3.8) is 0 Å². The van der Waals surface area contributed by atoms with Gasteiger partial charge in [0.25, 0.3) is 0 Å². The van der Waals surface area contributed by atoms with Crippen molar-refractivity contribution in [2.45, 2.75) is 19.3 Å². The van der Waals surface area contributed by atoms with Crippen LogP contribution in [0.5, 0.6) is 0 Å². The zero-order chi connectivity index (χ0) is 14.1. The Balaban J connectivity index is 1.83. The van der Waals surface area contributed by atoms with Gasteiger partial charge in [-0.2, -0.15) is 0 Å². The van der Waals surface area contributed by atoms with Crippen LogP contribution in [-0.4, -0.2) is 32.7 Å². The molecule has 1 aromatic carbocycles. The zero-order valence-corrected chi connectivity index (χ0v) is 11.8. The summed E-state index contributed by atoms with van der Waals surface area (Å²) < 4.78 is 5.27. The second-order valence-electron chi connectivity index (χ2n) is 5.70. The smallest absolute Gasteiger partial charge is 0.228 e. The maximum absolute atomic E-state index is 11.5. The molecule has 1 amide bonds. The lowest BCUT2D eigenvalue weighted by Crippen LogP contribution is -2.37. The molecule has 0 aromatic heterocycles. The van der Waals surface area contributed by atoms with Crippen molar-refractivity contribution in [3.8, 4) is 0 Å². The number of nitrogens with one attached hydrogen (secondary N) is 1. The van der Waals surface area contributed by atoms with Crippen molar-refractivity contribution in [1.82, 2.24) is 0 Å². The van der Waals surface area contributed by atoms with Crippen LogP contribution < -0.4 is 16.0 Å². The van der Waals surface area contributed by atoms with Crippen molar-refractivity contribution < 1.29 is 9.53 Å².